The minimum atomic E-state index is -3.56. The third kappa shape index (κ3) is 3.66. The molecule has 24 heavy (non-hydrogen) atoms. The number of hydrogen-bond donors (Lipinski definition) is 1. The van der Waals surface area contributed by atoms with Gasteiger partial charge in [-0.25, -0.2) is 8.42 Å². The average molecular weight is 352 g/mol. The van der Waals surface area contributed by atoms with E-state index in [2.05, 4.69) is 5.32 Å². The van der Waals surface area contributed by atoms with Crippen molar-refractivity contribution in [2.24, 2.45) is 11.8 Å². The molecular formula is C17H24N2O4S. The predicted molar refractivity (Wildman–Crippen MR) is 92.6 cm³/mol. The first-order chi connectivity index (χ1) is 11.4. The van der Waals surface area contributed by atoms with Crippen LogP contribution in [0.1, 0.15) is 25.7 Å². The van der Waals surface area contributed by atoms with Gasteiger partial charge in [0.15, 0.2) is 0 Å². The van der Waals surface area contributed by atoms with Crippen molar-refractivity contribution in [3.63, 3.8) is 0 Å². The van der Waals surface area contributed by atoms with Gasteiger partial charge in [-0.15, -0.1) is 0 Å². The average Bonchev–Trinajstić information content (AvgIpc) is 3.14. The van der Waals surface area contributed by atoms with E-state index in [9.17, 15) is 13.2 Å². The second-order valence-corrected chi connectivity index (χ2v) is 8.73. The van der Waals surface area contributed by atoms with Gasteiger partial charge in [0.1, 0.15) is 12.3 Å². The van der Waals surface area contributed by atoms with E-state index in [4.69, 9.17) is 4.74 Å². The molecule has 2 fully saturated rings. The molecule has 132 valence electrons. The molecule has 2 aliphatic carbocycles. The number of ether oxygens (including phenoxy) is 1. The van der Waals surface area contributed by atoms with Crippen molar-refractivity contribution in [3.8, 4) is 5.75 Å². The summed E-state index contributed by atoms with van der Waals surface area (Å²) < 4.78 is 30.5. The van der Waals surface area contributed by atoms with Gasteiger partial charge in [-0.05, 0) is 43.2 Å². The molecule has 1 aromatic carbocycles. The van der Waals surface area contributed by atoms with Gasteiger partial charge in [-0.3, -0.25) is 9.10 Å². The highest BCUT2D eigenvalue weighted by molar-refractivity contribution is 7.92. The monoisotopic (exact) mass is 352 g/mol. The molecule has 2 aliphatic rings. The first-order valence-corrected chi connectivity index (χ1v) is 10.1. The largest absolute Gasteiger partial charge is 0.497 e. The molecular weight excluding hydrogens is 328 g/mol. The van der Waals surface area contributed by atoms with Crippen LogP contribution in [0.4, 0.5) is 5.69 Å². The van der Waals surface area contributed by atoms with Crippen LogP contribution < -0.4 is 14.4 Å². The topological polar surface area (TPSA) is 75.7 Å². The number of carbonyl (C=O) groups excluding carboxylic acids is 1. The van der Waals surface area contributed by atoms with Crippen molar-refractivity contribution < 1.29 is 17.9 Å². The van der Waals surface area contributed by atoms with E-state index < -0.39 is 10.0 Å². The summed E-state index contributed by atoms with van der Waals surface area (Å²) in [5, 5.41) is 3.03. The van der Waals surface area contributed by atoms with Crippen molar-refractivity contribution in [1.29, 1.82) is 0 Å². The lowest BCUT2D eigenvalue weighted by molar-refractivity contribution is -0.120. The van der Waals surface area contributed by atoms with Crippen LogP contribution in [0, 0.1) is 11.8 Å². The number of methoxy groups -OCH3 is 1. The van der Waals surface area contributed by atoms with E-state index >= 15 is 0 Å². The van der Waals surface area contributed by atoms with E-state index in [1.54, 1.807) is 24.3 Å². The Hall–Kier alpha value is -1.76. The summed E-state index contributed by atoms with van der Waals surface area (Å²) in [6, 6.07) is 6.92. The molecule has 0 heterocycles. The first kappa shape index (κ1) is 17.1. The molecule has 3 atom stereocenters. The fourth-order valence-electron chi connectivity index (χ4n) is 3.97. The molecule has 7 heteroatoms. The number of benzene rings is 1. The van der Waals surface area contributed by atoms with Crippen LogP contribution >= 0.6 is 0 Å². The number of sulfonamides is 1. The summed E-state index contributed by atoms with van der Waals surface area (Å²) in [7, 11) is -2.05. The summed E-state index contributed by atoms with van der Waals surface area (Å²) in [6.45, 7) is -0.208. The van der Waals surface area contributed by atoms with Gasteiger partial charge in [0.2, 0.25) is 15.9 Å². The fraction of sp³-hybridized carbons (Fsp3) is 0.588. The molecule has 0 aliphatic heterocycles. The number of nitrogens with zero attached hydrogens (tertiary/aromatic N) is 1. The smallest absolute Gasteiger partial charge is 0.241 e. The zero-order valence-electron chi connectivity index (χ0n) is 14.1. The third-order valence-corrected chi connectivity index (χ3v) is 6.25. The van der Waals surface area contributed by atoms with Crippen LogP contribution in [0.15, 0.2) is 24.3 Å². The number of hydrogen-bond acceptors (Lipinski definition) is 4. The Morgan fingerprint density at radius 3 is 2.71 bits per heavy atom. The van der Waals surface area contributed by atoms with Gasteiger partial charge in [0.05, 0.1) is 19.1 Å². The molecule has 1 amide bonds. The third-order valence-electron chi connectivity index (χ3n) is 5.11. The SMILES string of the molecule is COc1cccc(N(CC(=O)N[C@@H]2C[C@@H]3CC[C@H]2C3)S(C)(=O)=O)c1. The molecule has 2 saturated carbocycles. The van der Waals surface area contributed by atoms with Crippen LogP contribution in [-0.2, 0) is 14.8 Å². The first-order valence-electron chi connectivity index (χ1n) is 8.28. The molecule has 0 spiro atoms. The Morgan fingerprint density at radius 1 is 1.33 bits per heavy atom. The lowest BCUT2D eigenvalue weighted by atomic mass is 9.95. The Morgan fingerprint density at radius 2 is 2.12 bits per heavy atom. The van der Waals surface area contributed by atoms with Crippen molar-refractivity contribution >= 4 is 21.6 Å². The van der Waals surface area contributed by atoms with Gasteiger partial charge in [-0.1, -0.05) is 12.5 Å². The normalized spacial score (nSPS) is 25.5. The van der Waals surface area contributed by atoms with Gasteiger partial charge in [-0.2, -0.15) is 0 Å². The van der Waals surface area contributed by atoms with Crippen LogP contribution in [-0.4, -0.2) is 40.3 Å². The maximum atomic E-state index is 12.4. The van der Waals surface area contributed by atoms with Crippen molar-refractivity contribution in [3.05, 3.63) is 24.3 Å². The van der Waals surface area contributed by atoms with E-state index in [1.165, 1.54) is 26.4 Å². The number of carbonyl (C=O) groups is 1. The minimum absolute atomic E-state index is 0.197. The Balaban J connectivity index is 1.71. The number of rotatable bonds is 6. The second-order valence-electron chi connectivity index (χ2n) is 6.82. The molecule has 3 rings (SSSR count). The molecule has 2 bridgehead atoms. The molecule has 0 radical (unpaired) electrons. The lowest BCUT2D eigenvalue weighted by Gasteiger charge is -2.26. The number of fused-ring (bicyclic) bond motifs is 2. The summed E-state index contributed by atoms with van der Waals surface area (Å²) in [6.07, 6.45) is 5.75. The van der Waals surface area contributed by atoms with Gasteiger partial charge in [0.25, 0.3) is 0 Å². The number of amides is 1. The van der Waals surface area contributed by atoms with Crippen LogP contribution in [0.2, 0.25) is 0 Å². The van der Waals surface area contributed by atoms with E-state index in [0.29, 0.717) is 17.4 Å². The summed E-state index contributed by atoms with van der Waals surface area (Å²) in [4.78, 5) is 12.4. The zero-order valence-corrected chi connectivity index (χ0v) is 14.9. The summed E-state index contributed by atoms with van der Waals surface area (Å²) >= 11 is 0. The van der Waals surface area contributed by atoms with Crippen LogP contribution in [0.3, 0.4) is 0 Å². The summed E-state index contributed by atoms with van der Waals surface area (Å²) in [5.74, 6) is 1.59. The maximum Gasteiger partial charge on any atom is 0.241 e. The molecule has 0 aromatic heterocycles. The van der Waals surface area contributed by atoms with Crippen molar-refractivity contribution in [1.82, 2.24) is 5.32 Å². The highest BCUT2D eigenvalue weighted by atomic mass is 32.2. The molecule has 6 nitrogen and oxygen atoms in total. The number of nitrogens with one attached hydrogen (secondary N) is 1. The zero-order chi connectivity index (χ0) is 17.3. The van der Waals surface area contributed by atoms with E-state index in [1.807, 2.05) is 0 Å². The maximum absolute atomic E-state index is 12.4. The predicted octanol–water partition coefficient (Wildman–Crippen LogP) is 1.77. The minimum Gasteiger partial charge on any atom is -0.497 e. The molecule has 1 N–H and O–H groups in total. The van der Waals surface area contributed by atoms with Gasteiger partial charge in [0, 0.05) is 12.1 Å². The van der Waals surface area contributed by atoms with E-state index in [0.717, 1.165) is 22.9 Å². The second kappa shape index (κ2) is 6.63. The molecule has 0 unspecified atom stereocenters. The van der Waals surface area contributed by atoms with Crippen molar-refractivity contribution in [2.75, 3.05) is 24.2 Å². The standard InChI is InChI=1S/C17H24N2O4S/c1-23-15-5-3-4-14(10-15)19(24(2,21)22)11-17(20)18-16-9-12-6-7-13(16)8-12/h3-5,10,12-13,16H,6-9,11H2,1-2H3,(H,18,20)/t12-,13+,16-/m1/s1. The van der Waals surface area contributed by atoms with Gasteiger partial charge < -0.3 is 10.1 Å². The quantitative estimate of drug-likeness (QED) is 0.846. The summed E-state index contributed by atoms with van der Waals surface area (Å²) in [5.41, 5.74) is 0.431. The Kier molecular flexibility index (Phi) is 4.71. The van der Waals surface area contributed by atoms with Crippen LogP contribution in [0.25, 0.3) is 0 Å². The highest BCUT2D eigenvalue weighted by Crippen LogP contribution is 2.44. The van der Waals surface area contributed by atoms with Crippen LogP contribution in [0.5, 0.6) is 5.75 Å². The molecule has 1 aromatic rings. The fourth-order valence-corrected chi connectivity index (χ4v) is 4.82. The van der Waals surface area contributed by atoms with Gasteiger partial charge >= 0.3 is 0 Å². The Bertz CT molecular complexity index is 719. The Labute approximate surface area is 143 Å². The van der Waals surface area contributed by atoms with Crippen molar-refractivity contribution in [2.45, 2.75) is 31.7 Å². The highest BCUT2D eigenvalue weighted by Gasteiger charge is 2.40. The van der Waals surface area contributed by atoms with E-state index in [-0.39, 0.29) is 18.5 Å². The number of anilines is 1. The molecule has 0 saturated heterocycles. The lowest BCUT2D eigenvalue weighted by Crippen LogP contribution is -2.45.